The highest BCUT2D eigenvalue weighted by molar-refractivity contribution is 5.96. The third-order valence-corrected chi connectivity index (χ3v) is 4.26. The summed E-state index contributed by atoms with van der Waals surface area (Å²) in [6.45, 7) is 6.36. The number of amides is 1. The molecule has 126 valence electrons. The van der Waals surface area contributed by atoms with Gasteiger partial charge in [0.05, 0.1) is 13.5 Å². The van der Waals surface area contributed by atoms with Gasteiger partial charge in [-0.15, -0.1) is 0 Å². The number of rotatable bonds is 4. The molecule has 1 aliphatic heterocycles. The monoisotopic (exact) mass is 322 g/mol. The van der Waals surface area contributed by atoms with Gasteiger partial charge in [0.1, 0.15) is 5.82 Å². The van der Waals surface area contributed by atoms with Gasteiger partial charge in [-0.1, -0.05) is 6.07 Å². The van der Waals surface area contributed by atoms with Crippen LogP contribution in [0.3, 0.4) is 0 Å². The molecule has 0 saturated carbocycles. The van der Waals surface area contributed by atoms with Crippen LogP contribution >= 0.6 is 0 Å². The second-order valence-electron chi connectivity index (χ2n) is 5.93. The molecule has 5 nitrogen and oxygen atoms in total. The Labute approximate surface area is 136 Å². The SMILES string of the molecule is COC(=O)CCN1CCN(C(=O)c2cc(F)ccc2C)[C@@H](C)C1. The Hall–Kier alpha value is -1.95. The van der Waals surface area contributed by atoms with E-state index in [1.807, 2.05) is 13.8 Å². The molecular weight excluding hydrogens is 299 g/mol. The zero-order chi connectivity index (χ0) is 17.0. The summed E-state index contributed by atoms with van der Waals surface area (Å²) in [7, 11) is 1.38. The highest BCUT2D eigenvalue weighted by atomic mass is 19.1. The van der Waals surface area contributed by atoms with Crippen LogP contribution in [0.25, 0.3) is 0 Å². The van der Waals surface area contributed by atoms with Crippen LogP contribution in [0, 0.1) is 12.7 Å². The number of esters is 1. The minimum atomic E-state index is -0.400. The van der Waals surface area contributed by atoms with E-state index in [2.05, 4.69) is 9.64 Å². The smallest absolute Gasteiger partial charge is 0.306 e. The number of halogens is 1. The van der Waals surface area contributed by atoms with Crippen molar-refractivity contribution in [2.75, 3.05) is 33.3 Å². The molecule has 1 amide bonds. The third-order valence-electron chi connectivity index (χ3n) is 4.26. The summed E-state index contributed by atoms with van der Waals surface area (Å²) in [5.74, 6) is -0.767. The second kappa shape index (κ2) is 7.55. The molecule has 23 heavy (non-hydrogen) atoms. The maximum Gasteiger partial charge on any atom is 0.306 e. The van der Waals surface area contributed by atoms with Crippen molar-refractivity contribution in [3.05, 3.63) is 35.1 Å². The van der Waals surface area contributed by atoms with Gasteiger partial charge in [0, 0.05) is 37.8 Å². The van der Waals surface area contributed by atoms with Gasteiger partial charge in [-0.05, 0) is 31.5 Å². The van der Waals surface area contributed by atoms with E-state index in [0.29, 0.717) is 38.2 Å². The molecule has 0 aromatic heterocycles. The van der Waals surface area contributed by atoms with Gasteiger partial charge in [0.2, 0.25) is 0 Å². The van der Waals surface area contributed by atoms with Gasteiger partial charge in [0.15, 0.2) is 0 Å². The van der Waals surface area contributed by atoms with Crippen LogP contribution in [0.1, 0.15) is 29.3 Å². The van der Waals surface area contributed by atoms with Crippen molar-refractivity contribution in [3.8, 4) is 0 Å². The number of carbonyl (C=O) groups is 2. The predicted octanol–water partition coefficient (Wildman–Crippen LogP) is 1.84. The largest absolute Gasteiger partial charge is 0.469 e. The molecule has 1 aromatic rings. The molecule has 0 aliphatic carbocycles. The molecule has 6 heteroatoms. The highest BCUT2D eigenvalue weighted by Gasteiger charge is 2.29. The summed E-state index contributed by atoms with van der Waals surface area (Å²) in [5.41, 5.74) is 1.19. The van der Waals surface area contributed by atoms with Gasteiger partial charge in [-0.25, -0.2) is 4.39 Å². The van der Waals surface area contributed by atoms with Gasteiger partial charge in [-0.3, -0.25) is 14.5 Å². The standard InChI is InChI=1S/C17H23FN2O3/c1-12-4-5-14(18)10-15(12)17(22)20-9-8-19(11-13(20)2)7-6-16(21)23-3/h4-5,10,13H,6-9,11H2,1-3H3/t13-/m0/s1. The fourth-order valence-corrected chi connectivity index (χ4v) is 2.87. The Morgan fingerprint density at radius 3 is 2.74 bits per heavy atom. The molecule has 1 aromatic carbocycles. The Morgan fingerprint density at radius 2 is 2.09 bits per heavy atom. The van der Waals surface area contributed by atoms with E-state index in [9.17, 15) is 14.0 Å². The van der Waals surface area contributed by atoms with E-state index in [0.717, 1.165) is 5.56 Å². The molecule has 0 radical (unpaired) electrons. The molecule has 0 unspecified atom stereocenters. The summed E-state index contributed by atoms with van der Waals surface area (Å²) in [4.78, 5) is 27.8. The number of benzene rings is 1. The third kappa shape index (κ3) is 4.28. The van der Waals surface area contributed by atoms with Gasteiger partial charge in [0.25, 0.3) is 5.91 Å². The first-order chi connectivity index (χ1) is 10.9. The average molecular weight is 322 g/mol. The normalized spacial score (nSPS) is 18.8. The molecule has 0 N–H and O–H groups in total. The van der Waals surface area contributed by atoms with Crippen molar-refractivity contribution in [2.24, 2.45) is 0 Å². The number of ether oxygens (including phenoxy) is 1. The fourth-order valence-electron chi connectivity index (χ4n) is 2.87. The lowest BCUT2D eigenvalue weighted by atomic mass is 10.1. The van der Waals surface area contributed by atoms with Gasteiger partial charge >= 0.3 is 5.97 Å². The van der Waals surface area contributed by atoms with E-state index in [1.165, 1.54) is 19.2 Å². The van der Waals surface area contributed by atoms with Crippen molar-refractivity contribution >= 4 is 11.9 Å². The van der Waals surface area contributed by atoms with E-state index >= 15 is 0 Å². The van der Waals surface area contributed by atoms with Gasteiger partial charge < -0.3 is 9.64 Å². The average Bonchev–Trinajstić information content (AvgIpc) is 2.54. The lowest BCUT2D eigenvalue weighted by Crippen LogP contribution is -2.54. The first kappa shape index (κ1) is 17.4. The zero-order valence-electron chi connectivity index (χ0n) is 13.8. The van der Waals surface area contributed by atoms with E-state index in [1.54, 1.807) is 11.0 Å². The fraction of sp³-hybridized carbons (Fsp3) is 0.529. The van der Waals surface area contributed by atoms with Crippen LogP contribution in [-0.2, 0) is 9.53 Å². The van der Waals surface area contributed by atoms with Crippen molar-refractivity contribution in [3.63, 3.8) is 0 Å². The van der Waals surface area contributed by atoms with Crippen LogP contribution in [0.4, 0.5) is 4.39 Å². The van der Waals surface area contributed by atoms with Crippen LogP contribution in [0.5, 0.6) is 0 Å². The Bertz CT molecular complexity index is 591. The number of aryl methyl sites for hydroxylation is 1. The number of carbonyl (C=O) groups excluding carboxylic acids is 2. The van der Waals surface area contributed by atoms with Gasteiger partial charge in [-0.2, -0.15) is 0 Å². The summed E-state index contributed by atoms with van der Waals surface area (Å²) >= 11 is 0. The number of hydrogen-bond donors (Lipinski definition) is 0. The molecule has 1 aliphatic rings. The quantitative estimate of drug-likeness (QED) is 0.794. The molecule has 0 spiro atoms. The van der Waals surface area contributed by atoms with Crippen LogP contribution in [0.15, 0.2) is 18.2 Å². The Balaban J connectivity index is 1.99. The number of methoxy groups -OCH3 is 1. The minimum Gasteiger partial charge on any atom is -0.469 e. The van der Waals surface area contributed by atoms with Crippen molar-refractivity contribution in [1.29, 1.82) is 0 Å². The molecule has 1 heterocycles. The summed E-state index contributed by atoms with van der Waals surface area (Å²) < 4.78 is 18.1. The number of piperazine rings is 1. The van der Waals surface area contributed by atoms with Crippen molar-refractivity contribution < 1.29 is 18.7 Å². The van der Waals surface area contributed by atoms with E-state index in [-0.39, 0.29) is 17.9 Å². The first-order valence-electron chi connectivity index (χ1n) is 7.78. The molecule has 1 atom stereocenters. The topological polar surface area (TPSA) is 49.9 Å². The van der Waals surface area contributed by atoms with Crippen molar-refractivity contribution in [1.82, 2.24) is 9.80 Å². The van der Waals surface area contributed by atoms with E-state index < -0.39 is 5.82 Å². The predicted molar refractivity (Wildman–Crippen MR) is 84.7 cm³/mol. The Morgan fingerprint density at radius 1 is 1.35 bits per heavy atom. The van der Waals surface area contributed by atoms with E-state index in [4.69, 9.17) is 0 Å². The minimum absolute atomic E-state index is 0.0107. The van der Waals surface area contributed by atoms with Crippen LogP contribution in [-0.4, -0.2) is 61.0 Å². The lowest BCUT2D eigenvalue weighted by molar-refractivity contribution is -0.141. The molecule has 1 fully saturated rings. The number of nitrogens with zero attached hydrogens (tertiary/aromatic N) is 2. The van der Waals surface area contributed by atoms with Crippen LogP contribution in [0.2, 0.25) is 0 Å². The second-order valence-corrected chi connectivity index (χ2v) is 5.93. The van der Waals surface area contributed by atoms with Crippen LogP contribution < -0.4 is 0 Å². The maximum absolute atomic E-state index is 13.4. The molecule has 1 saturated heterocycles. The molecular formula is C17H23FN2O3. The zero-order valence-corrected chi connectivity index (χ0v) is 13.8. The Kier molecular flexibility index (Phi) is 5.71. The summed E-state index contributed by atoms with van der Waals surface area (Å²) in [5, 5.41) is 0. The maximum atomic E-state index is 13.4. The molecule has 0 bridgehead atoms. The summed E-state index contributed by atoms with van der Waals surface area (Å²) in [6, 6.07) is 4.30. The molecule has 2 rings (SSSR count). The van der Waals surface area contributed by atoms with Crippen molar-refractivity contribution in [2.45, 2.75) is 26.3 Å². The summed E-state index contributed by atoms with van der Waals surface area (Å²) in [6.07, 6.45) is 0.347. The first-order valence-corrected chi connectivity index (χ1v) is 7.78. The number of hydrogen-bond acceptors (Lipinski definition) is 4. The lowest BCUT2D eigenvalue weighted by Gasteiger charge is -2.40. The highest BCUT2D eigenvalue weighted by Crippen LogP contribution is 2.18.